The highest BCUT2D eigenvalue weighted by Gasteiger charge is 2.55. The van der Waals surface area contributed by atoms with Crippen LogP contribution in [0.1, 0.15) is 13.8 Å². The van der Waals surface area contributed by atoms with Crippen molar-refractivity contribution in [2.24, 2.45) is 5.73 Å². The zero-order valence-electron chi connectivity index (χ0n) is 9.20. The molecule has 96 valence electrons. The van der Waals surface area contributed by atoms with Gasteiger partial charge >= 0.3 is 0 Å². The fourth-order valence-electron chi connectivity index (χ4n) is 1.97. The molecular formula is C9H18ClNO5. The number of fused-ring (bicyclic) bond motifs is 1. The summed E-state index contributed by atoms with van der Waals surface area (Å²) in [6.07, 6.45) is -3.72. The Labute approximate surface area is 100 Å². The van der Waals surface area contributed by atoms with Crippen LogP contribution in [0.4, 0.5) is 0 Å². The number of hydrogen-bond donors (Lipinski definition) is 3. The van der Waals surface area contributed by atoms with Crippen molar-refractivity contribution in [1.29, 1.82) is 0 Å². The van der Waals surface area contributed by atoms with Crippen LogP contribution in [-0.2, 0) is 14.2 Å². The van der Waals surface area contributed by atoms with Crippen LogP contribution in [-0.4, -0.2) is 53.3 Å². The summed E-state index contributed by atoms with van der Waals surface area (Å²) in [6.45, 7) is 3.52. The third kappa shape index (κ3) is 2.33. The number of aliphatic hydroxyl groups is 2. The molecule has 2 unspecified atom stereocenters. The number of aliphatic hydroxyl groups excluding tert-OH is 2. The van der Waals surface area contributed by atoms with Crippen LogP contribution >= 0.6 is 12.4 Å². The van der Waals surface area contributed by atoms with Crippen molar-refractivity contribution in [3.8, 4) is 0 Å². The Bertz CT molecular complexity index is 252. The summed E-state index contributed by atoms with van der Waals surface area (Å²) in [4.78, 5) is 0. The summed E-state index contributed by atoms with van der Waals surface area (Å²) >= 11 is 0. The zero-order valence-corrected chi connectivity index (χ0v) is 10.0. The molecule has 0 saturated carbocycles. The Kier molecular flexibility index (Phi) is 4.18. The van der Waals surface area contributed by atoms with E-state index in [1.807, 2.05) is 0 Å². The van der Waals surface area contributed by atoms with Crippen molar-refractivity contribution in [3.63, 3.8) is 0 Å². The van der Waals surface area contributed by atoms with Gasteiger partial charge in [0.15, 0.2) is 12.1 Å². The molecule has 2 aliphatic rings. The minimum absolute atomic E-state index is 0. The normalized spacial score (nSPS) is 42.6. The van der Waals surface area contributed by atoms with Crippen LogP contribution in [0.2, 0.25) is 0 Å². The van der Waals surface area contributed by atoms with E-state index in [-0.39, 0.29) is 19.0 Å². The fourth-order valence-corrected chi connectivity index (χ4v) is 1.97. The second-order valence-electron chi connectivity index (χ2n) is 4.36. The highest BCUT2D eigenvalue weighted by Crippen LogP contribution is 2.37. The molecule has 0 aromatic heterocycles. The molecule has 16 heavy (non-hydrogen) atoms. The third-order valence-electron chi connectivity index (χ3n) is 2.67. The number of ether oxygens (including phenoxy) is 3. The third-order valence-corrected chi connectivity index (χ3v) is 2.67. The first kappa shape index (κ1) is 14.1. The molecule has 2 aliphatic heterocycles. The van der Waals surface area contributed by atoms with Gasteiger partial charge in [0.25, 0.3) is 0 Å². The first-order valence-corrected chi connectivity index (χ1v) is 5.02. The van der Waals surface area contributed by atoms with Gasteiger partial charge < -0.3 is 30.2 Å². The molecule has 2 fully saturated rings. The molecule has 4 N–H and O–H groups in total. The van der Waals surface area contributed by atoms with E-state index in [0.717, 1.165) is 0 Å². The van der Waals surface area contributed by atoms with Crippen molar-refractivity contribution < 1.29 is 24.4 Å². The SMILES string of the molecule is CC1(C)O[C@H]2O[C@H](C(O)CN)C(O)[C@@H]2O1.Cl. The maximum atomic E-state index is 9.85. The quantitative estimate of drug-likeness (QED) is 0.584. The molecule has 0 spiro atoms. The molecule has 0 aromatic carbocycles. The maximum absolute atomic E-state index is 9.85. The Morgan fingerprint density at radius 3 is 2.50 bits per heavy atom. The standard InChI is InChI=1S/C9H17NO5.ClH/c1-9(2)14-7-5(12)6(4(11)3-10)13-8(7)15-9;/h4-8,11-12H,3,10H2,1-2H3;1H/t4?,5?,6-,7+,8-;/m1./s1. The highest BCUT2D eigenvalue weighted by atomic mass is 35.5. The molecule has 2 saturated heterocycles. The Morgan fingerprint density at radius 2 is 2.00 bits per heavy atom. The average Bonchev–Trinajstić information content (AvgIpc) is 2.60. The molecule has 2 heterocycles. The minimum Gasteiger partial charge on any atom is -0.389 e. The van der Waals surface area contributed by atoms with Crippen LogP contribution < -0.4 is 5.73 Å². The summed E-state index contributed by atoms with van der Waals surface area (Å²) < 4.78 is 16.2. The lowest BCUT2D eigenvalue weighted by atomic mass is 10.1. The smallest absolute Gasteiger partial charge is 0.190 e. The number of nitrogens with two attached hydrogens (primary N) is 1. The molecule has 7 heteroatoms. The molecular weight excluding hydrogens is 238 g/mol. The first-order valence-electron chi connectivity index (χ1n) is 5.02. The van der Waals surface area contributed by atoms with Crippen LogP contribution in [0.15, 0.2) is 0 Å². The Hall–Kier alpha value is 0.0500. The lowest BCUT2D eigenvalue weighted by Crippen LogP contribution is -2.43. The van der Waals surface area contributed by atoms with Gasteiger partial charge in [-0.05, 0) is 13.8 Å². The van der Waals surface area contributed by atoms with E-state index in [2.05, 4.69) is 0 Å². The predicted octanol–water partition coefficient (Wildman–Crippen LogP) is -1.03. The molecule has 2 rings (SSSR count). The lowest BCUT2D eigenvalue weighted by molar-refractivity contribution is -0.225. The van der Waals surface area contributed by atoms with Gasteiger partial charge in [0.1, 0.15) is 18.3 Å². The zero-order chi connectivity index (χ0) is 11.2. The van der Waals surface area contributed by atoms with Crippen LogP contribution in [0.25, 0.3) is 0 Å². The monoisotopic (exact) mass is 255 g/mol. The number of hydrogen-bond acceptors (Lipinski definition) is 6. The van der Waals surface area contributed by atoms with Crippen molar-refractivity contribution in [1.82, 2.24) is 0 Å². The topological polar surface area (TPSA) is 94.2 Å². The largest absolute Gasteiger partial charge is 0.389 e. The summed E-state index contributed by atoms with van der Waals surface area (Å²) in [5.41, 5.74) is 5.29. The van der Waals surface area contributed by atoms with E-state index in [9.17, 15) is 10.2 Å². The lowest BCUT2D eigenvalue weighted by Gasteiger charge is -2.25. The van der Waals surface area contributed by atoms with Gasteiger partial charge in [-0.2, -0.15) is 0 Å². The average molecular weight is 256 g/mol. The summed E-state index contributed by atoms with van der Waals surface area (Å²) in [7, 11) is 0. The van der Waals surface area contributed by atoms with Crippen LogP contribution in [0.5, 0.6) is 0 Å². The van der Waals surface area contributed by atoms with Crippen molar-refractivity contribution in [2.45, 2.75) is 50.3 Å². The molecule has 0 radical (unpaired) electrons. The second kappa shape index (κ2) is 4.73. The van der Waals surface area contributed by atoms with Crippen molar-refractivity contribution in [3.05, 3.63) is 0 Å². The predicted molar refractivity (Wildman–Crippen MR) is 57.0 cm³/mol. The Balaban J connectivity index is 0.00000128. The van der Waals surface area contributed by atoms with Gasteiger partial charge in [0.2, 0.25) is 0 Å². The van der Waals surface area contributed by atoms with Gasteiger partial charge in [-0.3, -0.25) is 0 Å². The molecule has 0 bridgehead atoms. The minimum atomic E-state index is -0.907. The van der Waals surface area contributed by atoms with Crippen molar-refractivity contribution >= 4 is 12.4 Å². The van der Waals surface area contributed by atoms with E-state index in [1.54, 1.807) is 13.8 Å². The fraction of sp³-hybridized carbons (Fsp3) is 1.00. The second-order valence-corrected chi connectivity index (χ2v) is 4.36. The number of halogens is 1. The van der Waals surface area contributed by atoms with Gasteiger partial charge in [-0.15, -0.1) is 12.4 Å². The number of rotatable bonds is 2. The van der Waals surface area contributed by atoms with Gasteiger partial charge in [-0.25, -0.2) is 0 Å². The van der Waals surface area contributed by atoms with E-state index in [4.69, 9.17) is 19.9 Å². The van der Waals surface area contributed by atoms with Crippen LogP contribution in [0, 0.1) is 0 Å². The molecule has 0 aromatic rings. The van der Waals surface area contributed by atoms with Gasteiger partial charge in [0, 0.05) is 6.54 Å². The van der Waals surface area contributed by atoms with Crippen molar-refractivity contribution in [2.75, 3.05) is 6.54 Å². The highest BCUT2D eigenvalue weighted by molar-refractivity contribution is 5.85. The summed E-state index contributed by atoms with van der Waals surface area (Å²) in [6, 6.07) is 0. The molecule has 0 amide bonds. The van der Waals surface area contributed by atoms with E-state index < -0.39 is 36.5 Å². The first-order chi connectivity index (χ1) is 6.94. The molecule has 6 nitrogen and oxygen atoms in total. The van der Waals surface area contributed by atoms with Gasteiger partial charge in [0.05, 0.1) is 6.10 Å². The van der Waals surface area contributed by atoms with E-state index in [1.165, 1.54) is 0 Å². The van der Waals surface area contributed by atoms with Gasteiger partial charge in [-0.1, -0.05) is 0 Å². The van der Waals surface area contributed by atoms with E-state index >= 15 is 0 Å². The van der Waals surface area contributed by atoms with E-state index in [0.29, 0.717) is 0 Å². The Morgan fingerprint density at radius 1 is 1.38 bits per heavy atom. The maximum Gasteiger partial charge on any atom is 0.190 e. The van der Waals surface area contributed by atoms with Crippen LogP contribution in [0.3, 0.4) is 0 Å². The summed E-state index contributed by atoms with van der Waals surface area (Å²) in [5.74, 6) is -0.755. The molecule has 5 atom stereocenters. The molecule has 0 aliphatic carbocycles. The summed E-state index contributed by atoms with van der Waals surface area (Å²) in [5, 5.41) is 19.3.